The van der Waals surface area contributed by atoms with E-state index in [1.807, 2.05) is 0 Å². The molecule has 2 saturated carbocycles. The predicted molar refractivity (Wildman–Crippen MR) is 94.2 cm³/mol. The quantitative estimate of drug-likeness (QED) is 0.880. The number of carbonyl (C=O) groups is 1. The molecule has 1 amide bonds. The van der Waals surface area contributed by atoms with Crippen molar-refractivity contribution >= 4 is 21.8 Å². The Labute approximate surface area is 144 Å². The van der Waals surface area contributed by atoms with Crippen LogP contribution in [0.25, 0.3) is 0 Å². The molecule has 2 aliphatic rings. The minimum absolute atomic E-state index is 0.0720. The van der Waals surface area contributed by atoms with E-state index in [0.29, 0.717) is 23.2 Å². The Kier molecular flexibility index (Phi) is 4.57. The van der Waals surface area contributed by atoms with E-state index in [9.17, 15) is 13.2 Å². The normalized spacial score (nSPS) is 25.9. The van der Waals surface area contributed by atoms with Gasteiger partial charge in [0.1, 0.15) is 0 Å². The van der Waals surface area contributed by atoms with Crippen LogP contribution in [0.1, 0.15) is 36.0 Å². The second kappa shape index (κ2) is 6.37. The van der Waals surface area contributed by atoms with Gasteiger partial charge in [-0.1, -0.05) is 6.42 Å². The Morgan fingerprint density at radius 1 is 1.08 bits per heavy atom. The van der Waals surface area contributed by atoms with Gasteiger partial charge in [-0.2, -0.15) is 12.7 Å². The maximum absolute atomic E-state index is 12.4. The fraction of sp³-hybridized carbons (Fsp3) is 0.588. The van der Waals surface area contributed by atoms with Gasteiger partial charge in [-0.05, 0) is 55.4 Å². The average Bonchev–Trinajstić information content (AvgIpc) is 3.16. The molecule has 1 aromatic rings. The van der Waals surface area contributed by atoms with E-state index in [1.54, 1.807) is 24.3 Å². The molecule has 2 bridgehead atoms. The van der Waals surface area contributed by atoms with Crippen LogP contribution in [0.3, 0.4) is 0 Å². The van der Waals surface area contributed by atoms with Crippen LogP contribution < -0.4 is 9.62 Å². The van der Waals surface area contributed by atoms with Crippen molar-refractivity contribution in [2.45, 2.75) is 31.7 Å². The van der Waals surface area contributed by atoms with E-state index in [1.165, 1.54) is 44.7 Å². The summed E-state index contributed by atoms with van der Waals surface area (Å²) in [6.07, 6.45) is 4.87. The highest BCUT2D eigenvalue weighted by Gasteiger charge is 2.40. The average molecular weight is 351 g/mol. The monoisotopic (exact) mass is 351 g/mol. The molecule has 0 aliphatic heterocycles. The fourth-order valence-corrected chi connectivity index (χ4v) is 4.75. The van der Waals surface area contributed by atoms with Crippen LogP contribution in [0.15, 0.2) is 24.3 Å². The molecule has 0 radical (unpaired) electrons. The molecule has 0 heterocycles. The summed E-state index contributed by atoms with van der Waals surface area (Å²) in [5.41, 5.74) is 1.09. The molecular formula is C17H25N3O3S. The van der Waals surface area contributed by atoms with Crippen molar-refractivity contribution in [2.75, 3.05) is 25.4 Å². The third kappa shape index (κ3) is 3.15. The fourth-order valence-electron chi connectivity index (χ4n) is 3.87. The second-order valence-electron chi connectivity index (χ2n) is 7.06. The van der Waals surface area contributed by atoms with Gasteiger partial charge in [0.15, 0.2) is 0 Å². The molecule has 2 aliphatic carbocycles. The van der Waals surface area contributed by atoms with E-state index in [-0.39, 0.29) is 5.91 Å². The van der Waals surface area contributed by atoms with Gasteiger partial charge in [0.2, 0.25) is 0 Å². The van der Waals surface area contributed by atoms with Crippen molar-refractivity contribution < 1.29 is 13.2 Å². The lowest BCUT2D eigenvalue weighted by molar-refractivity contribution is 0.0923. The SMILES string of the molecule is CN(C)S(=O)(=O)N(C)c1ccc(C(=O)N[C@H]2C[C@@H]3CC[C@@H]2C3)cc1. The van der Waals surface area contributed by atoms with Crippen LogP contribution in [0.2, 0.25) is 0 Å². The topological polar surface area (TPSA) is 69.7 Å². The smallest absolute Gasteiger partial charge is 0.303 e. The number of anilines is 1. The van der Waals surface area contributed by atoms with Gasteiger partial charge in [-0.25, -0.2) is 0 Å². The highest BCUT2D eigenvalue weighted by Crippen LogP contribution is 2.44. The van der Waals surface area contributed by atoms with Crippen molar-refractivity contribution in [1.82, 2.24) is 9.62 Å². The lowest BCUT2D eigenvalue weighted by Crippen LogP contribution is -2.38. The molecule has 1 aromatic carbocycles. The zero-order valence-corrected chi connectivity index (χ0v) is 15.2. The van der Waals surface area contributed by atoms with Gasteiger partial charge < -0.3 is 5.32 Å². The molecule has 0 saturated heterocycles. The van der Waals surface area contributed by atoms with E-state index >= 15 is 0 Å². The van der Waals surface area contributed by atoms with E-state index in [0.717, 1.165) is 16.6 Å². The highest BCUT2D eigenvalue weighted by molar-refractivity contribution is 7.90. The molecule has 3 atom stereocenters. The summed E-state index contributed by atoms with van der Waals surface area (Å²) in [5, 5.41) is 3.14. The first-order valence-electron chi connectivity index (χ1n) is 8.36. The van der Waals surface area contributed by atoms with Crippen LogP contribution in [-0.4, -0.2) is 45.8 Å². The lowest BCUT2D eigenvalue weighted by Gasteiger charge is -2.24. The van der Waals surface area contributed by atoms with Crippen LogP contribution in [0.4, 0.5) is 5.69 Å². The first-order chi connectivity index (χ1) is 11.3. The van der Waals surface area contributed by atoms with Gasteiger partial charge in [-0.3, -0.25) is 9.10 Å². The van der Waals surface area contributed by atoms with Crippen molar-refractivity contribution in [1.29, 1.82) is 0 Å². The number of hydrogen-bond donors (Lipinski definition) is 1. The van der Waals surface area contributed by atoms with Gasteiger partial charge >= 0.3 is 10.2 Å². The minimum atomic E-state index is -3.52. The number of amides is 1. The number of carbonyl (C=O) groups excluding carboxylic acids is 1. The van der Waals surface area contributed by atoms with Crippen LogP contribution in [0, 0.1) is 11.8 Å². The molecule has 3 rings (SSSR count). The molecule has 132 valence electrons. The summed E-state index contributed by atoms with van der Waals surface area (Å²) in [5.74, 6) is 1.35. The molecule has 6 nitrogen and oxygen atoms in total. The molecule has 1 N–H and O–H groups in total. The zero-order valence-electron chi connectivity index (χ0n) is 14.4. The summed E-state index contributed by atoms with van der Waals surface area (Å²) >= 11 is 0. The van der Waals surface area contributed by atoms with Crippen molar-refractivity contribution in [3.63, 3.8) is 0 Å². The first kappa shape index (κ1) is 17.2. The highest BCUT2D eigenvalue weighted by atomic mass is 32.2. The number of fused-ring (bicyclic) bond motifs is 2. The van der Waals surface area contributed by atoms with Gasteiger partial charge in [-0.15, -0.1) is 0 Å². The van der Waals surface area contributed by atoms with E-state index in [4.69, 9.17) is 0 Å². The number of benzene rings is 1. The van der Waals surface area contributed by atoms with Gasteiger partial charge in [0.25, 0.3) is 5.91 Å². The Bertz CT molecular complexity index is 715. The molecule has 0 spiro atoms. The van der Waals surface area contributed by atoms with Crippen molar-refractivity contribution in [3.05, 3.63) is 29.8 Å². The maximum Gasteiger partial charge on any atom is 0.303 e. The molecule has 24 heavy (non-hydrogen) atoms. The largest absolute Gasteiger partial charge is 0.349 e. The predicted octanol–water partition coefficient (Wildman–Crippen LogP) is 1.85. The Balaban J connectivity index is 1.67. The summed E-state index contributed by atoms with van der Waals surface area (Å²) in [7, 11) is 0.956. The summed E-state index contributed by atoms with van der Waals surface area (Å²) < 4.78 is 26.6. The van der Waals surface area contributed by atoms with Crippen LogP contribution in [-0.2, 0) is 10.2 Å². The molecule has 0 unspecified atom stereocenters. The van der Waals surface area contributed by atoms with Crippen molar-refractivity contribution in [2.24, 2.45) is 11.8 Å². The van der Waals surface area contributed by atoms with Gasteiger partial charge in [0.05, 0.1) is 5.69 Å². The summed E-state index contributed by atoms with van der Waals surface area (Å²) in [6, 6.07) is 6.99. The van der Waals surface area contributed by atoms with Gasteiger partial charge in [0, 0.05) is 32.7 Å². The summed E-state index contributed by atoms with van der Waals surface area (Å²) in [4.78, 5) is 12.4. The molecule has 7 heteroatoms. The Morgan fingerprint density at radius 3 is 2.25 bits per heavy atom. The lowest BCUT2D eigenvalue weighted by atomic mass is 9.95. The third-order valence-corrected chi connectivity index (χ3v) is 7.18. The number of nitrogens with zero attached hydrogens (tertiary/aromatic N) is 2. The van der Waals surface area contributed by atoms with Crippen LogP contribution in [0.5, 0.6) is 0 Å². The molecule has 2 fully saturated rings. The number of nitrogens with one attached hydrogen (secondary N) is 1. The minimum Gasteiger partial charge on any atom is -0.349 e. The van der Waals surface area contributed by atoms with E-state index in [2.05, 4.69) is 5.32 Å². The molecular weight excluding hydrogens is 326 g/mol. The van der Waals surface area contributed by atoms with Crippen LogP contribution >= 0.6 is 0 Å². The Hall–Kier alpha value is -1.60. The standard InChI is InChI=1S/C17H25N3O3S/c1-19(2)24(22,23)20(3)15-8-6-13(7-9-15)17(21)18-16-11-12-4-5-14(16)10-12/h6-9,12,14,16H,4-5,10-11H2,1-3H3,(H,18,21)/t12-,14-,16+/m1/s1. The number of rotatable bonds is 5. The summed E-state index contributed by atoms with van der Waals surface area (Å²) in [6.45, 7) is 0. The molecule has 0 aromatic heterocycles. The second-order valence-corrected chi connectivity index (χ2v) is 9.23. The first-order valence-corrected chi connectivity index (χ1v) is 9.76. The zero-order chi connectivity index (χ0) is 17.5. The number of hydrogen-bond acceptors (Lipinski definition) is 3. The maximum atomic E-state index is 12.4. The Morgan fingerprint density at radius 2 is 1.75 bits per heavy atom. The third-order valence-electron chi connectivity index (χ3n) is 5.36. The van der Waals surface area contributed by atoms with Crippen molar-refractivity contribution in [3.8, 4) is 0 Å². The van der Waals surface area contributed by atoms with E-state index < -0.39 is 10.2 Å².